The van der Waals surface area contributed by atoms with Crippen molar-refractivity contribution in [2.75, 3.05) is 0 Å². The number of hydrogen-bond acceptors (Lipinski definition) is 8. The van der Waals surface area contributed by atoms with Gasteiger partial charge in [0.25, 0.3) is 11.4 Å². The molecule has 0 bridgehead atoms. The zero-order chi connectivity index (χ0) is 15.9. The Morgan fingerprint density at radius 3 is 1.79 bits per heavy atom. The van der Waals surface area contributed by atoms with Gasteiger partial charge in [-0.2, -0.15) is 0 Å². The Kier molecular flexibility index (Phi) is 9.56. The van der Waals surface area contributed by atoms with E-state index in [1.54, 1.807) is 0 Å². The molecule has 0 atom stereocenters. The van der Waals surface area contributed by atoms with Crippen molar-refractivity contribution in [1.29, 1.82) is 0 Å². The van der Waals surface area contributed by atoms with Crippen molar-refractivity contribution in [1.82, 2.24) is 0 Å². The van der Waals surface area contributed by atoms with E-state index in [-0.39, 0.29) is 70.0 Å². The Balaban J connectivity index is 0. The van der Waals surface area contributed by atoms with E-state index < -0.39 is 47.4 Å². The van der Waals surface area contributed by atoms with Crippen LogP contribution in [0.25, 0.3) is 10.8 Å². The summed E-state index contributed by atoms with van der Waals surface area (Å²) < 4.78 is 32.7. The van der Waals surface area contributed by atoms with Crippen LogP contribution in [0.5, 0.6) is 5.75 Å². The predicted molar refractivity (Wildman–Crippen MR) is 68.3 cm³/mol. The first-order valence-corrected chi connectivity index (χ1v) is 6.56. The number of nitro groups is 2. The minimum atomic E-state index is -4.91. The van der Waals surface area contributed by atoms with E-state index in [4.69, 9.17) is 0 Å². The summed E-state index contributed by atoms with van der Waals surface area (Å²) >= 11 is 0. The summed E-state index contributed by atoms with van der Waals surface area (Å²) in [4.78, 5) is 18.7. The average molecular weight is 376 g/mol. The van der Waals surface area contributed by atoms with Gasteiger partial charge in [0.1, 0.15) is 10.1 Å². The van der Waals surface area contributed by atoms with E-state index >= 15 is 0 Å². The molecule has 11 nitrogen and oxygen atoms in total. The molecule has 0 amide bonds. The van der Waals surface area contributed by atoms with E-state index in [2.05, 4.69) is 0 Å². The largest absolute Gasteiger partial charge is 1.00 e. The third-order valence-electron chi connectivity index (χ3n) is 2.70. The zero-order valence-corrected chi connectivity index (χ0v) is 17.2. The standard InChI is InChI=1S/C10H6N2O8S.2Na.H2O/c13-10-7-3-5(21(18,19)20)1-2-6(7)8(11(14)15)4-9(10)12(16)17;;;/h1-4,13H,(H,18,19,20);;;1H2/q;2*+1;/p-2. The summed E-state index contributed by atoms with van der Waals surface area (Å²) in [6.07, 6.45) is 0. The van der Waals surface area contributed by atoms with Crippen molar-refractivity contribution < 1.29 is 92.5 Å². The molecule has 0 aliphatic heterocycles. The van der Waals surface area contributed by atoms with Gasteiger partial charge in [-0.25, -0.2) is 8.42 Å². The molecule has 0 aromatic heterocycles. The van der Waals surface area contributed by atoms with Crippen LogP contribution < -0.4 is 64.2 Å². The molecule has 24 heavy (non-hydrogen) atoms. The molecule has 2 N–H and O–H groups in total. The molecule has 0 spiro atoms. The van der Waals surface area contributed by atoms with Crippen molar-refractivity contribution >= 4 is 32.3 Å². The molecular formula is C10H6N2Na2O9S. The van der Waals surface area contributed by atoms with Gasteiger partial charge in [0.15, 0.2) is 0 Å². The molecule has 0 heterocycles. The third kappa shape index (κ3) is 4.84. The molecule has 0 saturated heterocycles. The van der Waals surface area contributed by atoms with E-state index in [9.17, 15) is 38.3 Å². The van der Waals surface area contributed by atoms with Crippen LogP contribution in [0.2, 0.25) is 0 Å². The molecular weight excluding hydrogens is 370 g/mol. The van der Waals surface area contributed by atoms with Gasteiger partial charge in [-0.15, -0.1) is 0 Å². The number of rotatable bonds is 3. The second kappa shape index (κ2) is 9.03. The van der Waals surface area contributed by atoms with E-state index in [0.29, 0.717) is 12.1 Å². The maximum absolute atomic E-state index is 11.9. The van der Waals surface area contributed by atoms with Crippen LogP contribution in [-0.2, 0) is 10.1 Å². The van der Waals surface area contributed by atoms with E-state index in [1.165, 1.54) is 0 Å². The van der Waals surface area contributed by atoms with Gasteiger partial charge in [-0.1, -0.05) is 0 Å². The molecule has 2 rings (SSSR count). The van der Waals surface area contributed by atoms with Crippen molar-refractivity contribution in [2.24, 2.45) is 0 Å². The van der Waals surface area contributed by atoms with Crippen molar-refractivity contribution in [3.63, 3.8) is 0 Å². The quantitative estimate of drug-likeness (QED) is 0.218. The fraction of sp³-hybridized carbons (Fsp3) is 0. The molecule has 0 unspecified atom stereocenters. The number of fused-ring (bicyclic) bond motifs is 1. The fourth-order valence-corrected chi connectivity index (χ4v) is 2.28. The summed E-state index contributed by atoms with van der Waals surface area (Å²) in [6.45, 7) is 0. The molecule has 0 aliphatic rings. The third-order valence-corrected chi connectivity index (χ3v) is 3.53. The van der Waals surface area contributed by atoms with Crippen LogP contribution in [0, 0.1) is 20.2 Å². The fourth-order valence-electron chi connectivity index (χ4n) is 1.79. The first-order valence-electron chi connectivity index (χ1n) is 5.15. The summed E-state index contributed by atoms with van der Waals surface area (Å²) in [5.41, 5.74) is -1.80. The summed E-state index contributed by atoms with van der Waals surface area (Å²) in [6, 6.07) is 2.78. The van der Waals surface area contributed by atoms with E-state index in [0.717, 1.165) is 12.1 Å². The zero-order valence-electron chi connectivity index (χ0n) is 12.4. The monoisotopic (exact) mass is 376 g/mol. The first-order chi connectivity index (χ1) is 9.62. The van der Waals surface area contributed by atoms with Crippen molar-refractivity contribution in [2.45, 2.75) is 4.90 Å². The maximum Gasteiger partial charge on any atom is 1.00 e. The van der Waals surface area contributed by atoms with Crippen LogP contribution in [0.4, 0.5) is 11.4 Å². The number of nitrogens with zero attached hydrogens (tertiary/aromatic N) is 2. The average Bonchev–Trinajstić information content (AvgIpc) is 2.36. The van der Waals surface area contributed by atoms with Gasteiger partial charge in [0, 0.05) is 0 Å². The van der Waals surface area contributed by atoms with Crippen molar-refractivity contribution in [3.05, 3.63) is 44.5 Å². The Morgan fingerprint density at radius 1 is 0.875 bits per heavy atom. The Bertz CT molecular complexity index is 901. The Labute approximate surface area is 178 Å². The second-order valence-corrected chi connectivity index (χ2v) is 5.30. The number of benzene rings is 2. The predicted octanol–water partition coefficient (Wildman–Crippen LogP) is -6.18. The van der Waals surface area contributed by atoms with Crippen LogP contribution in [0.15, 0.2) is 29.2 Å². The number of non-ortho nitro benzene ring substituents is 1. The SMILES string of the molecule is O.O=[N+]([O-])c1cc([N+](=O)[O-])c2ccc(S(=O)(=O)[O-])cc2c1[O-].[Na+].[Na+]. The van der Waals surface area contributed by atoms with Crippen LogP contribution in [0.1, 0.15) is 0 Å². The van der Waals surface area contributed by atoms with Gasteiger partial charge >= 0.3 is 59.1 Å². The van der Waals surface area contributed by atoms with Gasteiger partial charge in [-0.3, -0.25) is 20.2 Å². The number of hydrogen-bond donors (Lipinski definition) is 0. The van der Waals surface area contributed by atoms with Gasteiger partial charge in [-0.05, 0) is 29.3 Å². The summed E-state index contributed by atoms with van der Waals surface area (Å²) in [5.74, 6) is -1.20. The molecule has 0 saturated carbocycles. The first kappa shape index (κ1) is 25.4. The second-order valence-electron chi connectivity index (χ2n) is 3.92. The van der Waals surface area contributed by atoms with Crippen LogP contribution in [-0.4, -0.2) is 28.3 Å². The minimum absolute atomic E-state index is 0. The maximum atomic E-state index is 11.9. The molecule has 2 aromatic rings. The van der Waals surface area contributed by atoms with Crippen molar-refractivity contribution in [3.8, 4) is 5.75 Å². The molecule has 118 valence electrons. The van der Waals surface area contributed by atoms with E-state index in [1.807, 2.05) is 0 Å². The molecule has 14 heteroatoms. The number of nitro benzene ring substituents is 2. The van der Waals surface area contributed by atoms with Gasteiger partial charge in [0.2, 0.25) is 0 Å². The molecule has 0 aliphatic carbocycles. The smallest absolute Gasteiger partial charge is 0.867 e. The molecule has 0 fully saturated rings. The minimum Gasteiger partial charge on any atom is -0.867 e. The Hall–Kier alpha value is -0.830. The molecule has 2 aromatic carbocycles. The van der Waals surface area contributed by atoms with Gasteiger partial charge < -0.3 is 15.1 Å². The summed E-state index contributed by atoms with van der Waals surface area (Å²) in [5, 5.41) is 32.6. The van der Waals surface area contributed by atoms with Crippen LogP contribution in [0.3, 0.4) is 0 Å². The summed E-state index contributed by atoms with van der Waals surface area (Å²) in [7, 11) is -4.91. The Morgan fingerprint density at radius 2 is 1.38 bits per heavy atom. The topological polar surface area (TPSA) is 198 Å². The molecule has 0 radical (unpaired) electrons. The normalized spacial score (nSPS) is 10.0. The van der Waals surface area contributed by atoms with Crippen LogP contribution >= 0.6 is 0 Å². The van der Waals surface area contributed by atoms with Gasteiger partial charge in [0.05, 0.1) is 26.2 Å².